The maximum absolute atomic E-state index is 11.9. The van der Waals surface area contributed by atoms with Gasteiger partial charge in [-0.2, -0.15) is 0 Å². The van der Waals surface area contributed by atoms with E-state index in [0.717, 1.165) is 11.1 Å². The Morgan fingerprint density at radius 2 is 1.09 bits per heavy atom. The molecule has 0 spiro atoms. The Balaban J connectivity index is 1.40. The van der Waals surface area contributed by atoms with E-state index >= 15 is 0 Å². The Bertz CT molecular complexity index is 1060. The predicted molar refractivity (Wildman–Crippen MR) is 111 cm³/mol. The van der Waals surface area contributed by atoms with Crippen molar-refractivity contribution in [3.63, 3.8) is 0 Å². The lowest BCUT2D eigenvalue weighted by molar-refractivity contribution is -0.206. The summed E-state index contributed by atoms with van der Waals surface area (Å²) in [7, 11) is 0. The van der Waals surface area contributed by atoms with Crippen LogP contribution >= 0.6 is 0 Å². The molecular weight excluding hydrogens is 448 g/mol. The summed E-state index contributed by atoms with van der Waals surface area (Å²) >= 11 is 0. The van der Waals surface area contributed by atoms with Gasteiger partial charge in [0.25, 0.3) is 0 Å². The minimum atomic E-state index is -0.922. The fraction of sp³-hybridized carbons (Fsp3) is 0.417. The van der Waals surface area contributed by atoms with E-state index in [-0.39, 0.29) is 13.6 Å². The monoisotopic (exact) mass is 470 g/mol. The van der Waals surface area contributed by atoms with Gasteiger partial charge in [-0.25, -0.2) is 0 Å². The first kappa shape index (κ1) is 21.1. The highest BCUT2D eigenvalue weighted by Crippen LogP contribution is 2.57. The van der Waals surface area contributed by atoms with Crippen LogP contribution in [-0.4, -0.2) is 38.1 Å². The summed E-state index contributed by atoms with van der Waals surface area (Å²) in [6, 6.07) is 10.9. The van der Waals surface area contributed by atoms with Gasteiger partial charge in [-0.15, -0.1) is 0 Å². The van der Waals surface area contributed by atoms with Crippen molar-refractivity contribution in [2.45, 2.75) is 38.6 Å². The van der Waals surface area contributed by atoms with Gasteiger partial charge in [0.2, 0.25) is 26.2 Å². The maximum Gasteiger partial charge on any atom is 0.304 e. The molecule has 0 aromatic heterocycles. The minimum Gasteiger partial charge on any atom is -0.454 e. The molecular formula is C24H22O10. The lowest BCUT2D eigenvalue weighted by Gasteiger charge is -2.24. The van der Waals surface area contributed by atoms with E-state index in [4.69, 9.17) is 37.9 Å². The fourth-order valence-corrected chi connectivity index (χ4v) is 5.03. The van der Waals surface area contributed by atoms with Crippen molar-refractivity contribution in [3.05, 3.63) is 47.5 Å². The van der Waals surface area contributed by atoms with E-state index in [1.54, 1.807) is 12.1 Å². The van der Waals surface area contributed by atoms with E-state index in [1.165, 1.54) is 13.8 Å². The zero-order valence-corrected chi connectivity index (χ0v) is 18.4. The van der Waals surface area contributed by atoms with Crippen molar-refractivity contribution in [3.8, 4) is 23.0 Å². The number of esters is 2. The first-order valence-electron chi connectivity index (χ1n) is 10.9. The molecule has 4 aliphatic rings. The summed E-state index contributed by atoms with van der Waals surface area (Å²) in [5.74, 6) is 0.547. The quantitative estimate of drug-likeness (QED) is 0.619. The molecule has 10 nitrogen and oxygen atoms in total. The third-order valence-corrected chi connectivity index (χ3v) is 6.35. The molecule has 2 aromatic rings. The first-order valence-corrected chi connectivity index (χ1v) is 10.9. The Morgan fingerprint density at radius 1 is 0.676 bits per heavy atom. The van der Waals surface area contributed by atoms with E-state index in [9.17, 15) is 9.59 Å². The standard InChI is InChI=1S/C24H22O10/c1-11(25)31-23-19-20(22(33-23)14-4-6-16-18(8-14)30-10-28-16)24(32-12(2)26)34-21(19)13-3-5-15-17(7-13)29-9-27-15/h3-8,19-24H,9-10H2,1-2H3/t19-,20-,21+,22+,23-,24+/m0/s1. The van der Waals surface area contributed by atoms with Crippen molar-refractivity contribution in [2.75, 3.05) is 13.6 Å². The lowest BCUT2D eigenvalue weighted by Crippen LogP contribution is -2.28. The number of hydrogen-bond donors (Lipinski definition) is 0. The van der Waals surface area contributed by atoms with Crippen LogP contribution in [0.1, 0.15) is 37.2 Å². The topological polar surface area (TPSA) is 108 Å². The molecule has 2 aromatic carbocycles. The van der Waals surface area contributed by atoms with Crippen molar-refractivity contribution in [2.24, 2.45) is 11.8 Å². The zero-order valence-electron chi connectivity index (χ0n) is 18.4. The molecule has 6 rings (SSSR count). The third kappa shape index (κ3) is 3.50. The summed E-state index contributed by atoms with van der Waals surface area (Å²) in [6.07, 6.45) is -3.03. The lowest BCUT2D eigenvalue weighted by atomic mass is 9.83. The first-order chi connectivity index (χ1) is 16.5. The largest absolute Gasteiger partial charge is 0.454 e. The summed E-state index contributed by atoms with van der Waals surface area (Å²) in [4.78, 5) is 23.9. The molecule has 0 aliphatic carbocycles. The second-order valence-electron chi connectivity index (χ2n) is 8.45. The van der Waals surface area contributed by atoms with Crippen molar-refractivity contribution in [1.82, 2.24) is 0 Å². The summed E-state index contributed by atoms with van der Waals surface area (Å²) in [5, 5.41) is 0. The summed E-state index contributed by atoms with van der Waals surface area (Å²) in [5.41, 5.74) is 1.53. The van der Waals surface area contributed by atoms with E-state index in [2.05, 4.69) is 0 Å². The maximum atomic E-state index is 11.9. The van der Waals surface area contributed by atoms with Gasteiger partial charge < -0.3 is 37.9 Å². The Morgan fingerprint density at radius 3 is 1.50 bits per heavy atom. The molecule has 2 saturated heterocycles. The number of hydrogen-bond acceptors (Lipinski definition) is 10. The van der Waals surface area contributed by atoms with Crippen molar-refractivity contribution >= 4 is 11.9 Å². The van der Waals surface area contributed by atoms with Gasteiger partial charge in [0, 0.05) is 13.8 Å². The average Bonchev–Trinajstić information content (AvgIpc) is 3.57. The van der Waals surface area contributed by atoms with Gasteiger partial charge in [0.15, 0.2) is 23.0 Å². The number of fused-ring (bicyclic) bond motifs is 3. The van der Waals surface area contributed by atoms with Gasteiger partial charge in [-0.05, 0) is 35.4 Å². The highest BCUT2D eigenvalue weighted by atomic mass is 16.7. The minimum absolute atomic E-state index is 0.137. The third-order valence-electron chi connectivity index (χ3n) is 6.35. The molecule has 0 unspecified atom stereocenters. The normalized spacial score (nSPS) is 30.2. The molecule has 10 heteroatoms. The van der Waals surface area contributed by atoms with Gasteiger partial charge in [-0.3, -0.25) is 9.59 Å². The Kier molecular flexibility index (Phi) is 5.00. The molecule has 6 atom stereocenters. The second kappa shape index (κ2) is 8.07. The van der Waals surface area contributed by atoms with Crippen LogP contribution in [-0.2, 0) is 28.5 Å². The van der Waals surface area contributed by atoms with Crippen LogP contribution in [0.3, 0.4) is 0 Å². The Hall–Kier alpha value is -3.50. The Labute approximate surface area is 194 Å². The number of carbonyl (C=O) groups is 2. The zero-order chi connectivity index (χ0) is 23.4. The average molecular weight is 470 g/mol. The highest BCUT2D eigenvalue weighted by molar-refractivity contribution is 5.66. The van der Waals surface area contributed by atoms with Gasteiger partial charge in [0.1, 0.15) is 0 Å². The van der Waals surface area contributed by atoms with Crippen LogP contribution in [0.2, 0.25) is 0 Å². The number of rotatable bonds is 4. The second-order valence-corrected chi connectivity index (χ2v) is 8.45. The van der Waals surface area contributed by atoms with E-state index in [1.807, 2.05) is 24.3 Å². The SMILES string of the molecule is CC(=O)O[C@@H]1O[C@H](c2ccc3c(c2)OCO3)[C@H]2[C@@H](OC(C)=O)O[C@H](c3ccc4c(c3)OCO4)[C@@H]12. The van der Waals surface area contributed by atoms with E-state index < -0.39 is 48.6 Å². The molecule has 0 bridgehead atoms. The smallest absolute Gasteiger partial charge is 0.304 e. The van der Waals surface area contributed by atoms with Crippen LogP contribution in [0.25, 0.3) is 0 Å². The fourth-order valence-electron chi connectivity index (χ4n) is 5.03. The number of ether oxygens (including phenoxy) is 8. The number of carbonyl (C=O) groups excluding carboxylic acids is 2. The van der Waals surface area contributed by atoms with Crippen LogP contribution in [0.4, 0.5) is 0 Å². The molecule has 34 heavy (non-hydrogen) atoms. The van der Waals surface area contributed by atoms with Crippen molar-refractivity contribution < 1.29 is 47.5 Å². The molecule has 4 heterocycles. The molecule has 0 amide bonds. The molecule has 178 valence electrons. The van der Waals surface area contributed by atoms with Crippen LogP contribution in [0.15, 0.2) is 36.4 Å². The molecule has 0 radical (unpaired) electrons. The predicted octanol–water partition coefficient (Wildman–Crippen LogP) is 3.00. The van der Waals surface area contributed by atoms with Crippen LogP contribution in [0, 0.1) is 11.8 Å². The summed E-state index contributed by atoms with van der Waals surface area (Å²) in [6.45, 7) is 2.91. The van der Waals surface area contributed by atoms with Gasteiger partial charge in [0.05, 0.1) is 24.0 Å². The van der Waals surface area contributed by atoms with Crippen LogP contribution < -0.4 is 18.9 Å². The summed E-state index contributed by atoms with van der Waals surface area (Å²) < 4.78 is 45.6. The molecule has 0 saturated carbocycles. The van der Waals surface area contributed by atoms with Gasteiger partial charge >= 0.3 is 11.9 Å². The van der Waals surface area contributed by atoms with Crippen LogP contribution in [0.5, 0.6) is 23.0 Å². The molecule has 2 fully saturated rings. The molecule has 4 aliphatic heterocycles. The number of benzene rings is 2. The van der Waals surface area contributed by atoms with E-state index in [0.29, 0.717) is 23.0 Å². The van der Waals surface area contributed by atoms with Crippen molar-refractivity contribution in [1.29, 1.82) is 0 Å². The molecule has 0 N–H and O–H groups in total. The van der Waals surface area contributed by atoms with Gasteiger partial charge in [-0.1, -0.05) is 12.1 Å². The highest BCUT2D eigenvalue weighted by Gasteiger charge is 2.61.